The number of nitrogens with zero attached hydrogens (tertiary/aromatic N) is 2. The Balaban J connectivity index is 1.54. The van der Waals surface area contributed by atoms with Crippen LogP contribution < -0.4 is 21.3 Å². The second-order valence-corrected chi connectivity index (χ2v) is 10.9. The zero-order chi connectivity index (χ0) is 27.1. The number of anilines is 5. The number of amides is 2. The molecular formula is C27H29N7O3S. The quantitative estimate of drug-likeness (QED) is 0.170. The van der Waals surface area contributed by atoms with Crippen molar-refractivity contribution in [1.29, 1.82) is 4.78 Å². The van der Waals surface area contributed by atoms with E-state index < -0.39 is 9.73 Å². The highest BCUT2D eigenvalue weighted by atomic mass is 32.2. The number of aliphatic hydroxyl groups is 1. The highest BCUT2D eigenvalue weighted by molar-refractivity contribution is 7.91. The first-order chi connectivity index (χ1) is 18.2. The van der Waals surface area contributed by atoms with E-state index in [-0.39, 0.29) is 18.7 Å². The maximum atomic E-state index is 12.3. The molecule has 0 aliphatic carbocycles. The van der Waals surface area contributed by atoms with E-state index in [1.165, 1.54) is 6.26 Å². The van der Waals surface area contributed by atoms with E-state index in [0.717, 1.165) is 5.56 Å². The molecule has 1 aromatic heterocycles. The Morgan fingerprint density at radius 3 is 2.29 bits per heavy atom. The molecule has 0 aliphatic heterocycles. The smallest absolute Gasteiger partial charge is 0.323 e. The number of hydrogen-bond acceptors (Lipinski definition) is 8. The molecule has 196 valence electrons. The molecule has 38 heavy (non-hydrogen) atoms. The SMILES string of the molecule is CC(CO)Nc1nc(Nc2cccc(S(C)(=N)=O)c2)ncc1-c1ccc(NC(=O)Nc2ccccc2)cc1. The maximum absolute atomic E-state index is 12.3. The van der Waals surface area contributed by atoms with Crippen molar-refractivity contribution in [3.8, 4) is 11.1 Å². The lowest BCUT2D eigenvalue weighted by atomic mass is 10.1. The summed E-state index contributed by atoms with van der Waals surface area (Å²) in [6, 6.07) is 22.5. The van der Waals surface area contributed by atoms with Gasteiger partial charge in [-0.15, -0.1) is 0 Å². The number of nitrogens with one attached hydrogen (secondary N) is 5. The van der Waals surface area contributed by atoms with E-state index in [9.17, 15) is 14.1 Å². The third-order valence-corrected chi connectivity index (χ3v) is 6.62. The second kappa shape index (κ2) is 11.7. The molecule has 6 N–H and O–H groups in total. The number of para-hydroxylation sites is 1. The van der Waals surface area contributed by atoms with E-state index in [0.29, 0.717) is 39.3 Å². The van der Waals surface area contributed by atoms with Crippen molar-refractivity contribution < 1.29 is 14.1 Å². The first-order valence-electron chi connectivity index (χ1n) is 11.8. The van der Waals surface area contributed by atoms with Gasteiger partial charge in [0.1, 0.15) is 5.82 Å². The Labute approximate surface area is 221 Å². The van der Waals surface area contributed by atoms with Gasteiger partial charge in [0.05, 0.1) is 16.3 Å². The third-order valence-electron chi connectivity index (χ3n) is 5.47. The molecule has 0 fully saturated rings. The van der Waals surface area contributed by atoms with Crippen LogP contribution in [0.3, 0.4) is 0 Å². The second-order valence-electron chi connectivity index (χ2n) is 8.70. The van der Waals surface area contributed by atoms with E-state index in [4.69, 9.17) is 4.78 Å². The van der Waals surface area contributed by atoms with Crippen LogP contribution in [0.4, 0.5) is 33.6 Å². The molecule has 0 saturated heterocycles. The molecule has 1 heterocycles. The zero-order valence-electron chi connectivity index (χ0n) is 20.9. The molecule has 0 aliphatic rings. The van der Waals surface area contributed by atoms with Gasteiger partial charge in [0.15, 0.2) is 0 Å². The van der Waals surface area contributed by atoms with Crippen LogP contribution in [0.2, 0.25) is 0 Å². The number of carbonyl (C=O) groups excluding carboxylic acids is 1. The summed E-state index contributed by atoms with van der Waals surface area (Å²) in [6.45, 7) is 1.73. The van der Waals surface area contributed by atoms with Crippen LogP contribution in [0.1, 0.15) is 6.92 Å². The number of rotatable bonds is 9. The summed E-state index contributed by atoms with van der Waals surface area (Å²) in [7, 11) is -2.87. The van der Waals surface area contributed by atoms with Crippen molar-refractivity contribution in [3.63, 3.8) is 0 Å². The minimum atomic E-state index is -2.87. The van der Waals surface area contributed by atoms with Crippen LogP contribution in [0.15, 0.2) is 90.0 Å². The van der Waals surface area contributed by atoms with Crippen molar-refractivity contribution in [2.45, 2.75) is 17.9 Å². The summed E-state index contributed by atoms with van der Waals surface area (Å²) in [4.78, 5) is 21.7. The monoisotopic (exact) mass is 531 g/mol. The summed E-state index contributed by atoms with van der Waals surface area (Å²) in [5, 5.41) is 21.4. The average molecular weight is 532 g/mol. The minimum Gasteiger partial charge on any atom is -0.394 e. The fourth-order valence-corrected chi connectivity index (χ4v) is 4.23. The molecule has 0 bridgehead atoms. The maximum Gasteiger partial charge on any atom is 0.323 e. The Hall–Kier alpha value is -4.48. The first kappa shape index (κ1) is 26.6. The van der Waals surface area contributed by atoms with Gasteiger partial charge in [-0.3, -0.25) is 0 Å². The Kier molecular flexibility index (Phi) is 8.19. The molecule has 2 amide bonds. The van der Waals surface area contributed by atoms with E-state index >= 15 is 0 Å². The third kappa shape index (κ3) is 7.05. The molecule has 0 saturated carbocycles. The number of carbonyl (C=O) groups is 1. The molecule has 10 nitrogen and oxygen atoms in total. The molecule has 4 rings (SSSR count). The van der Waals surface area contributed by atoms with Crippen molar-refractivity contribution >= 4 is 44.6 Å². The van der Waals surface area contributed by atoms with Crippen molar-refractivity contribution in [3.05, 3.63) is 85.1 Å². The molecule has 0 spiro atoms. The summed E-state index contributed by atoms with van der Waals surface area (Å²) in [5.74, 6) is 0.796. The molecule has 11 heteroatoms. The normalized spacial score (nSPS) is 13.1. The van der Waals surface area contributed by atoms with Gasteiger partial charge in [-0.2, -0.15) is 4.98 Å². The van der Waals surface area contributed by atoms with Crippen LogP contribution in [0.5, 0.6) is 0 Å². The van der Waals surface area contributed by atoms with Crippen molar-refractivity contribution in [2.75, 3.05) is 34.1 Å². The number of aromatic nitrogens is 2. The van der Waals surface area contributed by atoms with Gasteiger partial charge in [0, 0.05) is 46.0 Å². The predicted octanol–water partition coefficient (Wildman–Crippen LogP) is 5.36. The topological polar surface area (TPSA) is 152 Å². The molecule has 2 unspecified atom stereocenters. The van der Waals surface area contributed by atoms with Gasteiger partial charge >= 0.3 is 6.03 Å². The van der Waals surface area contributed by atoms with Crippen LogP contribution in [0, 0.1) is 4.78 Å². The molecule has 4 aromatic rings. The van der Waals surface area contributed by atoms with Crippen LogP contribution in [-0.2, 0) is 9.73 Å². The fourth-order valence-electron chi connectivity index (χ4n) is 3.54. The largest absolute Gasteiger partial charge is 0.394 e. The number of hydrogen-bond donors (Lipinski definition) is 6. The van der Waals surface area contributed by atoms with Gasteiger partial charge in [-0.1, -0.05) is 36.4 Å². The number of aliphatic hydroxyl groups excluding tert-OH is 1. The highest BCUT2D eigenvalue weighted by Crippen LogP contribution is 2.29. The number of benzene rings is 3. The zero-order valence-corrected chi connectivity index (χ0v) is 21.8. The van der Waals surface area contributed by atoms with Crippen LogP contribution in [0.25, 0.3) is 11.1 Å². The van der Waals surface area contributed by atoms with Crippen LogP contribution >= 0.6 is 0 Å². The van der Waals surface area contributed by atoms with Gasteiger partial charge in [-0.25, -0.2) is 18.8 Å². The van der Waals surface area contributed by atoms with Gasteiger partial charge in [0.2, 0.25) is 5.95 Å². The Morgan fingerprint density at radius 1 is 0.974 bits per heavy atom. The van der Waals surface area contributed by atoms with Gasteiger partial charge in [0.25, 0.3) is 0 Å². The van der Waals surface area contributed by atoms with Crippen molar-refractivity contribution in [2.24, 2.45) is 0 Å². The summed E-state index contributed by atoms with van der Waals surface area (Å²) < 4.78 is 19.9. The van der Waals surface area contributed by atoms with E-state index in [2.05, 4.69) is 31.2 Å². The summed E-state index contributed by atoms with van der Waals surface area (Å²) in [5.41, 5.74) is 3.41. The van der Waals surface area contributed by atoms with Crippen LogP contribution in [-0.4, -0.2) is 44.2 Å². The molecule has 3 aromatic carbocycles. The van der Waals surface area contributed by atoms with E-state index in [1.807, 2.05) is 37.3 Å². The summed E-state index contributed by atoms with van der Waals surface area (Å²) in [6.07, 6.45) is 3.02. The number of urea groups is 1. The lowest BCUT2D eigenvalue weighted by molar-refractivity contribution is 0.262. The van der Waals surface area contributed by atoms with E-state index in [1.54, 1.807) is 54.7 Å². The minimum absolute atomic E-state index is 0.0952. The lowest BCUT2D eigenvalue weighted by Gasteiger charge is -2.17. The van der Waals surface area contributed by atoms with Gasteiger partial charge in [-0.05, 0) is 55.0 Å². The first-order valence-corrected chi connectivity index (χ1v) is 13.8. The fraction of sp³-hybridized carbons (Fsp3) is 0.148. The highest BCUT2D eigenvalue weighted by Gasteiger charge is 2.13. The predicted molar refractivity (Wildman–Crippen MR) is 151 cm³/mol. The van der Waals surface area contributed by atoms with Crippen molar-refractivity contribution in [1.82, 2.24) is 9.97 Å². The average Bonchev–Trinajstić information content (AvgIpc) is 2.89. The van der Waals surface area contributed by atoms with Gasteiger partial charge < -0.3 is 26.4 Å². The Bertz CT molecular complexity index is 1510. The summed E-state index contributed by atoms with van der Waals surface area (Å²) >= 11 is 0. The standard InChI is InChI=1S/C27H29N7O3S/c1-18(17-35)30-25-24(16-29-26(34-25)31-22-9-6-10-23(15-22)38(2,28)37)19-11-13-21(14-12-19)33-27(36)32-20-7-4-3-5-8-20/h3-16,18,28,35H,17H2,1-2H3,(H2,32,33,36)(H2,29,30,31,34). The lowest BCUT2D eigenvalue weighted by Crippen LogP contribution is -2.21. The molecule has 0 radical (unpaired) electrons. The molecule has 2 atom stereocenters. The Morgan fingerprint density at radius 2 is 1.63 bits per heavy atom. The molecular weight excluding hydrogens is 502 g/mol.